The van der Waals surface area contributed by atoms with Gasteiger partial charge in [-0.2, -0.15) is 0 Å². The number of hydrogen-bond acceptors (Lipinski definition) is 3. The Morgan fingerprint density at radius 3 is 2.53 bits per heavy atom. The molecule has 0 fully saturated rings. The molecule has 0 saturated carbocycles. The molecule has 2 N–H and O–H groups in total. The highest BCUT2D eigenvalue weighted by atomic mass is 15.1. The molecule has 1 rings (SSSR count). The molecule has 3 nitrogen and oxygen atoms in total. The number of pyridine rings is 1. The minimum absolute atomic E-state index is 0.629. The van der Waals surface area contributed by atoms with Crippen LogP contribution in [-0.2, 0) is 6.42 Å². The number of nitrogens with zero attached hydrogens (tertiary/aromatic N) is 2. The molecule has 3 heteroatoms. The van der Waals surface area contributed by atoms with Crippen LogP contribution in [0.15, 0.2) is 18.3 Å². The zero-order valence-electron chi connectivity index (χ0n) is 11.5. The van der Waals surface area contributed by atoms with Crippen LogP contribution in [-0.4, -0.2) is 29.5 Å². The topological polar surface area (TPSA) is 42.1 Å². The van der Waals surface area contributed by atoms with Crippen molar-refractivity contribution in [1.29, 1.82) is 0 Å². The molecule has 1 aromatic rings. The zero-order valence-corrected chi connectivity index (χ0v) is 11.5. The van der Waals surface area contributed by atoms with Gasteiger partial charge in [0.05, 0.1) is 11.9 Å². The first-order chi connectivity index (χ1) is 7.99. The van der Waals surface area contributed by atoms with Crippen molar-refractivity contribution in [3.8, 4) is 0 Å². The van der Waals surface area contributed by atoms with Crippen molar-refractivity contribution in [2.24, 2.45) is 5.92 Å². The molecule has 17 heavy (non-hydrogen) atoms. The molecule has 0 spiro atoms. The lowest BCUT2D eigenvalue weighted by Crippen LogP contribution is -2.32. The van der Waals surface area contributed by atoms with E-state index in [1.807, 2.05) is 12.1 Å². The van der Waals surface area contributed by atoms with Crippen LogP contribution >= 0.6 is 0 Å². The molecule has 0 bridgehead atoms. The van der Waals surface area contributed by atoms with Crippen LogP contribution in [0.4, 0.5) is 5.69 Å². The Hall–Kier alpha value is -1.09. The van der Waals surface area contributed by atoms with E-state index in [0.29, 0.717) is 6.04 Å². The first-order valence-electron chi connectivity index (χ1n) is 6.39. The molecule has 1 unspecified atom stereocenters. The summed E-state index contributed by atoms with van der Waals surface area (Å²) in [6.45, 7) is 7.87. The SMILES string of the molecule is CC(C)CC(C)N(C)CCc1ccc(N)cn1. The van der Waals surface area contributed by atoms with Crippen LogP contribution in [0, 0.1) is 5.92 Å². The summed E-state index contributed by atoms with van der Waals surface area (Å²) in [5, 5.41) is 0. The Kier molecular flexibility index (Phi) is 5.42. The monoisotopic (exact) mass is 235 g/mol. The first-order valence-corrected chi connectivity index (χ1v) is 6.39. The minimum Gasteiger partial charge on any atom is -0.397 e. The fraction of sp³-hybridized carbons (Fsp3) is 0.643. The molecule has 96 valence electrons. The van der Waals surface area contributed by atoms with Gasteiger partial charge in [0.1, 0.15) is 0 Å². The third kappa shape index (κ3) is 5.18. The number of likely N-dealkylation sites (N-methyl/N-ethyl adjacent to an activating group) is 1. The molecule has 0 amide bonds. The summed E-state index contributed by atoms with van der Waals surface area (Å²) in [7, 11) is 2.18. The number of nitrogen functional groups attached to an aromatic ring is 1. The molecule has 1 atom stereocenters. The number of aromatic nitrogens is 1. The van der Waals surface area contributed by atoms with Gasteiger partial charge in [0, 0.05) is 24.7 Å². The summed E-state index contributed by atoms with van der Waals surface area (Å²) < 4.78 is 0. The van der Waals surface area contributed by atoms with Crippen LogP contribution in [0.3, 0.4) is 0 Å². The molecule has 0 aliphatic carbocycles. The summed E-state index contributed by atoms with van der Waals surface area (Å²) >= 11 is 0. The molecule has 0 aromatic carbocycles. The van der Waals surface area contributed by atoms with Crippen molar-refractivity contribution in [2.75, 3.05) is 19.3 Å². The number of nitrogens with two attached hydrogens (primary N) is 1. The predicted octanol–water partition coefficient (Wildman–Crippen LogP) is 2.57. The van der Waals surface area contributed by atoms with Gasteiger partial charge in [0.2, 0.25) is 0 Å². The number of anilines is 1. The van der Waals surface area contributed by atoms with Gasteiger partial charge in [0.15, 0.2) is 0 Å². The fourth-order valence-electron chi connectivity index (χ4n) is 1.96. The summed E-state index contributed by atoms with van der Waals surface area (Å²) in [4.78, 5) is 6.72. The fourth-order valence-corrected chi connectivity index (χ4v) is 1.96. The molecule has 1 aromatic heterocycles. The second kappa shape index (κ2) is 6.60. The third-order valence-electron chi connectivity index (χ3n) is 3.13. The van der Waals surface area contributed by atoms with E-state index in [-0.39, 0.29) is 0 Å². The average Bonchev–Trinajstić information content (AvgIpc) is 2.27. The summed E-state index contributed by atoms with van der Waals surface area (Å²) in [5.74, 6) is 0.752. The molecule has 1 heterocycles. The van der Waals surface area contributed by atoms with Gasteiger partial charge in [0.25, 0.3) is 0 Å². The average molecular weight is 235 g/mol. The lowest BCUT2D eigenvalue weighted by atomic mass is 10.0. The Morgan fingerprint density at radius 1 is 1.29 bits per heavy atom. The number of rotatable bonds is 6. The zero-order chi connectivity index (χ0) is 12.8. The highest BCUT2D eigenvalue weighted by Gasteiger charge is 2.10. The van der Waals surface area contributed by atoms with Crippen molar-refractivity contribution in [1.82, 2.24) is 9.88 Å². The van der Waals surface area contributed by atoms with Crippen molar-refractivity contribution < 1.29 is 0 Å². The van der Waals surface area contributed by atoms with Gasteiger partial charge < -0.3 is 10.6 Å². The quantitative estimate of drug-likeness (QED) is 0.824. The van der Waals surface area contributed by atoms with E-state index in [1.54, 1.807) is 6.20 Å². The first kappa shape index (κ1) is 14.0. The molecule has 0 radical (unpaired) electrons. The van der Waals surface area contributed by atoms with Gasteiger partial charge >= 0.3 is 0 Å². The Bertz CT molecular complexity index is 319. The van der Waals surface area contributed by atoms with Crippen LogP contribution in [0.5, 0.6) is 0 Å². The predicted molar refractivity (Wildman–Crippen MR) is 73.9 cm³/mol. The molecular formula is C14H25N3. The van der Waals surface area contributed by atoms with Crippen LogP contribution < -0.4 is 5.73 Å². The van der Waals surface area contributed by atoms with Crippen LogP contribution in [0.1, 0.15) is 32.9 Å². The largest absolute Gasteiger partial charge is 0.397 e. The summed E-state index contributed by atoms with van der Waals surface area (Å²) in [5.41, 5.74) is 7.46. The maximum Gasteiger partial charge on any atom is 0.0501 e. The van der Waals surface area contributed by atoms with E-state index in [2.05, 4.69) is 37.7 Å². The lowest BCUT2D eigenvalue weighted by Gasteiger charge is -2.25. The normalized spacial score (nSPS) is 13.3. The second-order valence-electron chi connectivity index (χ2n) is 5.29. The molecule has 0 saturated heterocycles. The van der Waals surface area contributed by atoms with Crippen LogP contribution in [0.2, 0.25) is 0 Å². The smallest absolute Gasteiger partial charge is 0.0501 e. The van der Waals surface area contributed by atoms with Gasteiger partial charge in [-0.1, -0.05) is 13.8 Å². The van der Waals surface area contributed by atoms with Gasteiger partial charge in [-0.25, -0.2) is 0 Å². The Morgan fingerprint density at radius 2 is 2.00 bits per heavy atom. The van der Waals surface area contributed by atoms with E-state index in [1.165, 1.54) is 6.42 Å². The maximum absolute atomic E-state index is 5.61. The van der Waals surface area contributed by atoms with E-state index in [0.717, 1.165) is 30.3 Å². The van der Waals surface area contributed by atoms with Gasteiger partial charge in [-0.05, 0) is 38.4 Å². The molecule has 0 aliphatic rings. The van der Waals surface area contributed by atoms with Crippen molar-refractivity contribution in [3.05, 3.63) is 24.0 Å². The summed E-state index contributed by atoms with van der Waals surface area (Å²) in [6.07, 6.45) is 3.96. The van der Waals surface area contributed by atoms with E-state index in [9.17, 15) is 0 Å². The van der Waals surface area contributed by atoms with E-state index >= 15 is 0 Å². The maximum atomic E-state index is 5.61. The van der Waals surface area contributed by atoms with E-state index < -0.39 is 0 Å². The Balaban J connectivity index is 2.37. The lowest BCUT2D eigenvalue weighted by molar-refractivity contribution is 0.230. The Labute approximate surface area is 105 Å². The second-order valence-corrected chi connectivity index (χ2v) is 5.29. The van der Waals surface area contributed by atoms with Gasteiger partial charge in [-0.15, -0.1) is 0 Å². The molecule has 0 aliphatic heterocycles. The molecular weight excluding hydrogens is 210 g/mol. The van der Waals surface area contributed by atoms with Gasteiger partial charge in [-0.3, -0.25) is 4.98 Å². The highest BCUT2D eigenvalue weighted by Crippen LogP contribution is 2.10. The van der Waals surface area contributed by atoms with Crippen molar-refractivity contribution in [2.45, 2.75) is 39.7 Å². The highest BCUT2D eigenvalue weighted by molar-refractivity contribution is 5.34. The third-order valence-corrected chi connectivity index (χ3v) is 3.13. The van der Waals surface area contributed by atoms with Crippen LogP contribution in [0.25, 0.3) is 0 Å². The van der Waals surface area contributed by atoms with Crippen molar-refractivity contribution in [3.63, 3.8) is 0 Å². The minimum atomic E-state index is 0.629. The van der Waals surface area contributed by atoms with E-state index in [4.69, 9.17) is 5.73 Å². The number of hydrogen-bond donors (Lipinski definition) is 1. The van der Waals surface area contributed by atoms with Crippen molar-refractivity contribution >= 4 is 5.69 Å². The summed E-state index contributed by atoms with van der Waals surface area (Å²) in [6, 6.07) is 4.56. The standard InChI is InChI=1S/C14H25N3/c1-11(2)9-12(3)17(4)8-7-14-6-5-13(15)10-16-14/h5-6,10-12H,7-9,15H2,1-4H3.